The smallest absolute Gasteiger partial charge is 0.306 e. The van der Waals surface area contributed by atoms with Gasteiger partial charge in [0.2, 0.25) is 0 Å². The highest BCUT2D eigenvalue weighted by atomic mass is 16.6. The highest BCUT2D eigenvalue weighted by Crippen LogP contribution is 2.16. The van der Waals surface area contributed by atoms with Gasteiger partial charge in [-0.1, -0.05) is 277 Å². The van der Waals surface area contributed by atoms with Gasteiger partial charge in [0.05, 0.1) is 0 Å². The zero-order chi connectivity index (χ0) is 57.8. The van der Waals surface area contributed by atoms with E-state index >= 15 is 0 Å². The first-order valence-corrected chi connectivity index (χ1v) is 33.5. The molecule has 0 aromatic heterocycles. The van der Waals surface area contributed by atoms with E-state index in [0.29, 0.717) is 12.8 Å². The number of esters is 3. The van der Waals surface area contributed by atoms with E-state index in [2.05, 4.69) is 142 Å². The Morgan fingerprint density at radius 3 is 0.787 bits per heavy atom. The van der Waals surface area contributed by atoms with Crippen LogP contribution in [0.3, 0.4) is 0 Å². The first-order chi connectivity index (χ1) is 39.5. The fourth-order valence-corrected chi connectivity index (χ4v) is 9.15. The SMILES string of the molecule is CC/C=C\C/C=C\C/C=C\C/C=C\C/C=C\CCCCCC(=O)OC(COC(=O)CCCCCCC/C=C\C/C=C\CCCCCC)COC(=O)CCCCCCCCCCCCCC/C=C\C/C=C\C/C=C\CCCCCCC. The number of allylic oxidation sites excluding steroid dienone is 20. The van der Waals surface area contributed by atoms with Crippen LogP contribution in [-0.4, -0.2) is 37.2 Å². The van der Waals surface area contributed by atoms with E-state index in [9.17, 15) is 14.4 Å². The summed E-state index contributed by atoms with van der Waals surface area (Å²) in [6, 6.07) is 0. The molecule has 0 aliphatic rings. The van der Waals surface area contributed by atoms with Gasteiger partial charge in [-0.2, -0.15) is 0 Å². The van der Waals surface area contributed by atoms with Crippen molar-refractivity contribution in [2.24, 2.45) is 0 Å². The second-order valence-corrected chi connectivity index (χ2v) is 22.0. The van der Waals surface area contributed by atoms with E-state index in [1.807, 2.05) is 0 Å². The molecule has 0 amide bonds. The van der Waals surface area contributed by atoms with Gasteiger partial charge >= 0.3 is 17.9 Å². The van der Waals surface area contributed by atoms with Gasteiger partial charge in [0.1, 0.15) is 13.2 Å². The summed E-state index contributed by atoms with van der Waals surface area (Å²) in [5.74, 6) is -0.941. The van der Waals surface area contributed by atoms with Gasteiger partial charge in [-0.05, 0) is 135 Å². The van der Waals surface area contributed by atoms with Crippen LogP contribution in [0.1, 0.15) is 310 Å². The van der Waals surface area contributed by atoms with Crippen LogP contribution in [0.15, 0.2) is 122 Å². The molecule has 456 valence electrons. The molecule has 0 saturated heterocycles. The summed E-state index contributed by atoms with van der Waals surface area (Å²) in [4.78, 5) is 38.4. The van der Waals surface area contributed by atoms with E-state index in [-0.39, 0.29) is 37.5 Å². The van der Waals surface area contributed by atoms with Crippen LogP contribution < -0.4 is 0 Å². The van der Waals surface area contributed by atoms with Gasteiger partial charge in [-0.25, -0.2) is 0 Å². The van der Waals surface area contributed by atoms with E-state index in [4.69, 9.17) is 14.2 Å². The molecule has 0 aromatic carbocycles. The van der Waals surface area contributed by atoms with Gasteiger partial charge in [0.25, 0.3) is 0 Å². The number of carbonyl (C=O) groups excluding carboxylic acids is 3. The molecule has 0 spiro atoms. The van der Waals surface area contributed by atoms with Crippen LogP contribution in [0.4, 0.5) is 0 Å². The molecular weight excluding hydrogens is 985 g/mol. The normalized spacial score (nSPS) is 12.9. The van der Waals surface area contributed by atoms with Gasteiger partial charge in [0.15, 0.2) is 6.10 Å². The molecule has 0 radical (unpaired) electrons. The lowest BCUT2D eigenvalue weighted by Crippen LogP contribution is -2.30. The van der Waals surface area contributed by atoms with Crippen LogP contribution in [0.5, 0.6) is 0 Å². The summed E-state index contributed by atoms with van der Waals surface area (Å²) in [5.41, 5.74) is 0. The highest BCUT2D eigenvalue weighted by Gasteiger charge is 2.19. The average molecular weight is 1110 g/mol. The molecule has 80 heavy (non-hydrogen) atoms. The van der Waals surface area contributed by atoms with Gasteiger partial charge in [-0.15, -0.1) is 0 Å². The zero-order valence-electron chi connectivity index (χ0n) is 52.3. The van der Waals surface area contributed by atoms with Crippen molar-refractivity contribution < 1.29 is 28.6 Å². The average Bonchev–Trinajstić information content (AvgIpc) is 3.46. The molecule has 0 bridgehead atoms. The second kappa shape index (κ2) is 67.3. The molecule has 0 N–H and O–H groups in total. The summed E-state index contributed by atoms with van der Waals surface area (Å²) in [7, 11) is 0. The molecule has 0 heterocycles. The first-order valence-electron chi connectivity index (χ1n) is 33.5. The quantitative estimate of drug-likeness (QED) is 0.0261. The Kier molecular flexibility index (Phi) is 63.8. The Balaban J connectivity index is 4.40. The van der Waals surface area contributed by atoms with Crippen molar-refractivity contribution in [3.63, 3.8) is 0 Å². The fraction of sp³-hybridized carbons (Fsp3) is 0.689. The van der Waals surface area contributed by atoms with Crippen LogP contribution in [0, 0.1) is 0 Å². The van der Waals surface area contributed by atoms with Crippen LogP contribution >= 0.6 is 0 Å². The standard InChI is InChI=1S/C74H124O6/c1-4-7-10-13-16-19-22-25-28-31-33-34-35-36-37-38-39-40-42-43-46-49-52-55-58-61-64-67-73(76)79-70-71(69-78-72(75)66-63-60-57-54-51-48-45-30-27-24-21-18-15-12-9-6-3)80-74(77)68-65-62-59-56-53-50-47-44-41-32-29-26-23-20-17-14-11-8-5-2/h8,11,17,20-22,24-26,29-31,33,35-36,41,44-45,50,53,71H,4-7,9-10,12-16,18-19,23,27-28,32,34,37-40,42-43,46-49,51-52,54-70H2,1-3H3/b11-8-,20-17-,24-21-,25-22-,29-26-,33-31-,36-35-,44-41-,45-30-,53-50-. The minimum atomic E-state index is -0.807. The topological polar surface area (TPSA) is 78.9 Å². The number of carbonyl (C=O) groups is 3. The third-order valence-corrected chi connectivity index (χ3v) is 14.2. The zero-order valence-corrected chi connectivity index (χ0v) is 52.3. The van der Waals surface area contributed by atoms with Crippen molar-refractivity contribution in [1.29, 1.82) is 0 Å². The summed E-state index contributed by atoms with van der Waals surface area (Å²) >= 11 is 0. The molecule has 0 aliphatic heterocycles. The van der Waals surface area contributed by atoms with E-state index < -0.39 is 6.10 Å². The molecule has 0 fully saturated rings. The van der Waals surface area contributed by atoms with Crippen molar-refractivity contribution >= 4 is 17.9 Å². The molecule has 0 aromatic rings. The highest BCUT2D eigenvalue weighted by molar-refractivity contribution is 5.71. The van der Waals surface area contributed by atoms with Gasteiger partial charge in [-0.3, -0.25) is 14.4 Å². The van der Waals surface area contributed by atoms with Crippen molar-refractivity contribution in [1.82, 2.24) is 0 Å². The van der Waals surface area contributed by atoms with Crippen molar-refractivity contribution in [2.45, 2.75) is 316 Å². The maximum Gasteiger partial charge on any atom is 0.306 e. The fourth-order valence-electron chi connectivity index (χ4n) is 9.15. The van der Waals surface area contributed by atoms with Crippen molar-refractivity contribution in [3.8, 4) is 0 Å². The predicted molar refractivity (Wildman–Crippen MR) is 348 cm³/mol. The van der Waals surface area contributed by atoms with E-state index in [1.165, 1.54) is 135 Å². The maximum atomic E-state index is 12.9. The van der Waals surface area contributed by atoms with Crippen LogP contribution in [0.2, 0.25) is 0 Å². The van der Waals surface area contributed by atoms with E-state index in [1.54, 1.807) is 0 Å². The Bertz CT molecular complexity index is 1650. The lowest BCUT2D eigenvalue weighted by molar-refractivity contribution is -0.167. The summed E-state index contributed by atoms with van der Waals surface area (Å²) in [6.45, 7) is 6.48. The third kappa shape index (κ3) is 64.6. The number of hydrogen-bond acceptors (Lipinski definition) is 6. The first kappa shape index (κ1) is 75.8. The summed E-state index contributed by atoms with van der Waals surface area (Å²) in [5, 5.41) is 0. The molecule has 0 aliphatic carbocycles. The molecular formula is C74H124O6. The Hall–Kier alpha value is -4.19. The Morgan fingerprint density at radius 1 is 0.263 bits per heavy atom. The largest absolute Gasteiger partial charge is 0.462 e. The Labute approximate surface area is 494 Å². The lowest BCUT2D eigenvalue weighted by atomic mass is 10.0. The van der Waals surface area contributed by atoms with Crippen LogP contribution in [0.25, 0.3) is 0 Å². The minimum absolute atomic E-state index is 0.0988. The number of ether oxygens (including phenoxy) is 3. The molecule has 1 unspecified atom stereocenters. The van der Waals surface area contributed by atoms with Gasteiger partial charge in [0, 0.05) is 19.3 Å². The van der Waals surface area contributed by atoms with Crippen LogP contribution in [-0.2, 0) is 28.6 Å². The van der Waals surface area contributed by atoms with Crippen molar-refractivity contribution in [2.75, 3.05) is 13.2 Å². The number of unbranched alkanes of at least 4 members (excludes halogenated alkanes) is 29. The summed E-state index contributed by atoms with van der Waals surface area (Å²) < 4.78 is 16.9. The predicted octanol–water partition coefficient (Wildman–Crippen LogP) is 23.2. The second-order valence-electron chi connectivity index (χ2n) is 22.0. The van der Waals surface area contributed by atoms with Gasteiger partial charge < -0.3 is 14.2 Å². The minimum Gasteiger partial charge on any atom is -0.462 e. The number of rotatable bonds is 60. The van der Waals surface area contributed by atoms with E-state index in [0.717, 1.165) is 135 Å². The number of hydrogen-bond donors (Lipinski definition) is 0. The van der Waals surface area contributed by atoms with Crippen molar-refractivity contribution in [3.05, 3.63) is 122 Å². The lowest BCUT2D eigenvalue weighted by Gasteiger charge is -2.18. The monoisotopic (exact) mass is 1110 g/mol. The molecule has 0 saturated carbocycles. The molecule has 6 nitrogen and oxygen atoms in total. The Morgan fingerprint density at radius 2 is 0.487 bits per heavy atom. The summed E-state index contributed by atoms with van der Waals surface area (Å²) in [6.07, 6.45) is 93.5. The third-order valence-electron chi connectivity index (χ3n) is 14.2. The molecule has 1 atom stereocenters. The molecule has 0 rings (SSSR count). The molecule has 6 heteroatoms. The maximum absolute atomic E-state index is 12.9.